The number of nitrogens with zero attached hydrogens (tertiary/aromatic N) is 2. The van der Waals surface area contributed by atoms with Gasteiger partial charge in [0.05, 0.1) is 26.5 Å². The third kappa shape index (κ3) is 2.34. The van der Waals surface area contributed by atoms with Gasteiger partial charge in [0.25, 0.3) is 5.91 Å². The molecule has 1 aliphatic rings. The van der Waals surface area contributed by atoms with E-state index in [1.165, 1.54) is 0 Å². The van der Waals surface area contributed by atoms with E-state index in [9.17, 15) is 4.79 Å². The second-order valence-electron chi connectivity index (χ2n) is 5.11. The number of aromatic amines is 1. The molecule has 0 atom stereocenters. The second-order valence-corrected chi connectivity index (χ2v) is 5.11. The molecule has 0 fully saturated rings. The maximum atomic E-state index is 12.6. The fourth-order valence-corrected chi connectivity index (χ4v) is 2.67. The number of benzene rings is 1. The molecule has 0 radical (unpaired) electrons. The zero-order valence-corrected chi connectivity index (χ0v) is 12.5. The summed E-state index contributed by atoms with van der Waals surface area (Å²) in [6, 6.07) is 5.16. The van der Waals surface area contributed by atoms with Crippen molar-refractivity contribution in [2.45, 2.75) is 13.0 Å². The topological polar surface area (TPSA) is 93.5 Å². The first kappa shape index (κ1) is 14.2. The zero-order chi connectivity index (χ0) is 15.7. The molecule has 2 aromatic rings. The van der Waals surface area contributed by atoms with Crippen LogP contribution in [0.1, 0.15) is 21.6 Å². The van der Waals surface area contributed by atoms with Crippen LogP contribution in [0.15, 0.2) is 18.2 Å². The molecular weight excluding hydrogens is 284 g/mol. The largest absolute Gasteiger partial charge is 0.493 e. The molecule has 0 unspecified atom stereocenters. The van der Waals surface area contributed by atoms with Gasteiger partial charge < -0.3 is 20.1 Å². The second kappa shape index (κ2) is 5.59. The number of aromatic nitrogens is 2. The Labute approximate surface area is 128 Å². The lowest BCUT2D eigenvalue weighted by molar-refractivity contribution is 0.0732. The summed E-state index contributed by atoms with van der Waals surface area (Å²) < 4.78 is 10.4. The van der Waals surface area contributed by atoms with Crippen LogP contribution in [0.4, 0.5) is 5.82 Å². The predicted molar refractivity (Wildman–Crippen MR) is 81.0 cm³/mol. The average molecular weight is 302 g/mol. The number of H-pyrrole nitrogens is 1. The SMILES string of the molecule is COc1ccc(C(=O)N2CCc3c(N)n[nH]c3C2)cc1OC. The summed E-state index contributed by atoms with van der Waals surface area (Å²) in [4.78, 5) is 14.4. The number of nitrogen functional groups attached to an aromatic ring is 1. The molecule has 116 valence electrons. The number of nitrogens with two attached hydrogens (primary N) is 1. The Morgan fingerprint density at radius 3 is 2.82 bits per heavy atom. The summed E-state index contributed by atoms with van der Waals surface area (Å²) >= 11 is 0. The highest BCUT2D eigenvalue weighted by Crippen LogP contribution is 2.29. The summed E-state index contributed by atoms with van der Waals surface area (Å²) in [6.07, 6.45) is 0.705. The van der Waals surface area contributed by atoms with E-state index in [4.69, 9.17) is 15.2 Å². The first-order valence-corrected chi connectivity index (χ1v) is 6.97. The number of rotatable bonds is 3. The number of amides is 1. The fourth-order valence-electron chi connectivity index (χ4n) is 2.67. The molecule has 1 amide bonds. The van der Waals surface area contributed by atoms with E-state index < -0.39 is 0 Å². The molecule has 22 heavy (non-hydrogen) atoms. The molecule has 1 aromatic carbocycles. The Kier molecular flexibility index (Phi) is 3.62. The molecule has 7 heteroatoms. The van der Waals surface area contributed by atoms with E-state index in [0.717, 1.165) is 11.3 Å². The molecule has 0 aliphatic carbocycles. The number of nitrogens with one attached hydrogen (secondary N) is 1. The van der Waals surface area contributed by atoms with Gasteiger partial charge in [0, 0.05) is 17.7 Å². The molecule has 2 heterocycles. The number of hydrogen-bond acceptors (Lipinski definition) is 5. The number of ether oxygens (including phenoxy) is 2. The van der Waals surface area contributed by atoms with Crippen LogP contribution < -0.4 is 15.2 Å². The minimum atomic E-state index is -0.0558. The number of carbonyl (C=O) groups is 1. The lowest BCUT2D eigenvalue weighted by Crippen LogP contribution is -2.36. The van der Waals surface area contributed by atoms with Crippen molar-refractivity contribution >= 4 is 11.7 Å². The van der Waals surface area contributed by atoms with Gasteiger partial charge in [-0.05, 0) is 24.6 Å². The molecule has 7 nitrogen and oxygen atoms in total. The van der Waals surface area contributed by atoms with E-state index in [2.05, 4.69) is 10.2 Å². The van der Waals surface area contributed by atoms with Crippen molar-refractivity contribution < 1.29 is 14.3 Å². The minimum Gasteiger partial charge on any atom is -0.493 e. The van der Waals surface area contributed by atoms with Crippen LogP contribution in [0.25, 0.3) is 0 Å². The quantitative estimate of drug-likeness (QED) is 0.889. The highest BCUT2D eigenvalue weighted by atomic mass is 16.5. The van der Waals surface area contributed by atoms with Crippen molar-refractivity contribution in [2.24, 2.45) is 0 Å². The van der Waals surface area contributed by atoms with Gasteiger partial charge in [-0.2, -0.15) is 5.10 Å². The third-order valence-corrected chi connectivity index (χ3v) is 3.88. The van der Waals surface area contributed by atoms with Crippen molar-refractivity contribution in [1.82, 2.24) is 15.1 Å². The molecular formula is C15H18N4O3. The van der Waals surface area contributed by atoms with Gasteiger partial charge in [0.1, 0.15) is 5.82 Å². The fraction of sp³-hybridized carbons (Fsp3) is 0.333. The summed E-state index contributed by atoms with van der Waals surface area (Å²) in [5, 5.41) is 6.88. The van der Waals surface area contributed by atoms with E-state index in [1.807, 2.05) is 0 Å². The Morgan fingerprint density at radius 1 is 1.32 bits per heavy atom. The van der Waals surface area contributed by atoms with Crippen molar-refractivity contribution in [3.05, 3.63) is 35.0 Å². The first-order chi connectivity index (χ1) is 10.6. The van der Waals surface area contributed by atoms with Crippen LogP contribution in [-0.2, 0) is 13.0 Å². The average Bonchev–Trinajstić information content (AvgIpc) is 2.94. The van der Waals surface area contributed by atoms with Crippen molar-refractivity contribution in [3.8, 4) is 11.5 Å². The maximum absolute atomic E-state index is 12.6. The summed E-state index contributed by atoms with van der Waals surface area (Å²) in [5.41, 5.74) is 8.26. The highest BCUT2D eigenvalue weighted by molar-refractivity contribution is 5.95. The molecule has 1 aromatic heterocycles. The third-order valence-electron chi connectivity index (χ3n) is 3.88. The van der Waals surface area contributed by atoms with Crippen molar-refractivity contribution in [1.29, 1.82) is 0 Å². The van der Waals surface area contributed by atoms with Crippen LogP contribution in [0.2, 0.25) is 0 Å². The lowest BCUT2D eigenvalue weighted by atomic mass is 10.1. The predicted octanol–water partition coefficient (Wildman–Crippen LogP) is 1.21. The molecule has 0 saturated carbocycles. The minimum absolute atomic E-state index is 0.0558. The monoisotopic (exact) mass is 302 g/mol. The zero-order valence-electron chi connectivity index (χ0n) is 12.5. The Hall–Kier alpha value is -2.70. The van der Waals surface area contributed by atoms with Crippen molar-refractivity contribution in [2.75, 3.05) is 26.5 Å². The van der Waals surface area contributed by atoms with E-state index in [1.54, 1.807) is 37.3 Å². The molecule has 3 N–H and O–H groups in total. The van der Waals surface area contributed by atoms with Crippen LogP contribution in [0, 0.1) is 0 Å². The van der Waals surface area contributed by atoms with Gasteiger partial charge in [0.2, 0.25) is 0 Å². The van der Waals surface area contributed by atoms with Crippen molar-refractivity contribution in [3.63, 3.8) is 0 Å². The van der Waals surface area contributed by atoms with Gasteiger partial charge in [-0.25, -0.2) is 0 Å². The van der Waals surface area contributed by atoms with Gasteiger partial charge in [0.15, 0.2) is 11.5 Å². The van der Waals surface area contributed by atoms with E-state index >= 15 is 0 Å². The van der Waals surface area contributed by atoms with Gasteiger partial charge in [-0.1, -0.05) is 0 Å². The number of methoxy groups -OCH3 is 2. The van der Waals surface area contributed by atoms with Crippen LogP contribution >= 0.6 is 0 Å². The maximum Gasteiger partial charge on any atom is 0.254 e. The van der Waals surface area contributed by atoms with Crippen LogP contribution in [0.3, 0.4) is 0 Å². The molecule has 0 spiro atoms. The number of carbonyl (C=O) groups excluding carboxylic acids is 1. The Bertz CT molecular complexity index is 711. The van der Waals surface area contributed by atoms with Gasteiger partial charge in [-0.15, -0.1) is 0 Å². The van der Waals surface area contributed by atoms with Gasteiger partial charge in [-0.3, -0.25) is 9.89 Å². The van der Waals surface area contributed by atoms with Crippen LogP contribution in [-0.4, -0.2) is 41.8 Å². The Balaban J connectivity index is 1.83. The normalized spacial score (nSPS) is 13.6. The van der Waals surface area contributed by atoms with E-state index in [0.29, 0.717) is 42.4 Å². The molecule has 0 saturated heterocycles. The summed E-state index contributed by atoms with van der Waals surface area (Å²) in [6.45, 7) is 1.09. The molecule has 3 rings (SSSR count). The molecule has 1 aliphatic heterocycles. The summed E-state index contributed by atoms with van der Waals surface area (Å²) in [5.74, 6) is 1.60. The Morgan fingerprint density at radius 2 is 2.09 bits per heavy atom. The highest BCUT2D eigenvalue weighted by Gasteiger charge is 2.25. The number of anilines is 1. The van der Waals surface area contributed by atoms with Crippen LogP contribution in [0.5, 0.6) is 11.5 Å². The molecule has 0 bridgehead atoms. The number of fused-ring (bicyclic) bond motifs is 1. The smallest absolute Gasteiger partial charge is 0.254 e. The standard InChI is InChI=1S/C15H18N4O3/c1-21-12-4-3-9(7-13(12)22-2)15(20)19-6-5-10-11(8-19)17-18-14(10)16/h3-4,7H,5-6,8H2,1-2H3,(H3,16,17,18). The summed E-state index contributed by atoms with van der Waals surface area (Å²) in [7, 11) is 3.11. The lowest BCUT2D eigenvalue weighted by Gasteiger charge is -2.27. The number of hydrogen-bond donors (Lipinski definition) is 2. The van der Waals surface area contributed by atoms with Gasteiger partial charge >= 0.3 is 0 Å². The first-order valence-electron chi connectivity index (χ1n) is 6.97. The van der Waals surface area contributed by atoms with E-state index in [-0.39, 0.29) is 5.91 Å².